The average Bonchev–Trinajstić information content (AvgIpc) is 2.72. The summed E-state index contributed by atoms with van der Waals surface area (Å²) in [5.74, 6) is 0.141. The summed E-state index contributed by atoms with van der Waals surface area (Å²) in [5.41, 5.74) is 4.59. The van der Waals surface area contributed by atoms with Gasteiger partial charge in [0.1, 0.15) is 5.52 Å². The second-order valence-corrected chi connectivity index (χ2v) is 10.6. The van der Waals surface area contributed by atoms with E-state index in [1.165, 1.54) is 0 Å². The molecule has 1 saturated heterocycles. The van der Waals surface area contributed by atoms with Crippen LogP contribution in [0.25, 0.3) is 11.0 Å². The van der Waals surface area contributed by atoms with E-state index in [-0.39, 0.29) is 31.3 Å². The first-order valence-electron chi connectivity index (χ1n) is 11.9. The van der Waals surface area contributed by atoms with Crippen molar-refractivity contribution in [2.24, 2.45) is 5.41 Å². The molecule has 2 atom stereocenters. The van der Waals surface area contributed by atoms with Gasteiger partial charge in [-0.15, -0.1) is 0 Å². The Balaban J connectivity index is 1.39. The number of rotatable bonds is 3. The predicted octanol–water partition coefficient (Wildman–Crippen LogP) is 5.96. The molecule has 4 fully saturated rings. The van der Waals surface area contributed by atoms with E-state index in [2.05, 4.69) is 4.98 Å². The molecule has 3 aromatic rings. The minimum Gasteiger partial charge on any atom is -0.373 e. The second kappa shape index (κ2) is 7.20. The lowest BCUT2D eigenvalue weighted by atomic mass is 9.34. The van der Waals surface area contributed by atoms with Crippen LogP contribution in [0.5, 0.6) is 0 Å². The molecule has 7 rings (SSSR count). The molecule has 8 heteroatoms. The van der Waals surface area contributed by atoms with E-state index in [1.54, 1.807) is 6.20 Å². The zero-order chi connectivity index (χ0) is 23.9. The third-order valence-corrected chi connectivity index (χ3v) is 8.21. The molecule has 4 aliphatic rings. The van der Waals surface area contributed by atoms with Gasteiger partial charge in [-0.2, -0.15) is 13.2 Å². The third kappa shape index (κ3) is 3.17. The molecular weight excluding hydrogens is 441 g/mol. The maximum atomic E-state index is 13.6. The number of hydrogen-bond acceptors (Lipinski definition) is 5. The van der Waals surface area contributed by atoms with Gasteiger partial charge in [0, 0.05) is 35.5 Å². The number of aryl methyl sites for hydroxylation is 3. The fraction of sp³-hybridized carbons (Fsp3) is 0.538. The van der Waals surface area contributed by atoms with E-state index in [4.69, 9.17) is 19.7 Å². The standard InChI is InChI=1S/C26H27F3N4O/c1-14-8-18(4-6-30-14)21-9-17(5-7-34-21)19-10-20-22(32-16(3)15(2)31-20)23(33-19)24-11-25(12-24,13-24)26(27,28)29/h4,6,8,10,17,21H,5,7,9,11-13H2,1-3H3/t17-,21-,24?,25?/m0/s1. The Kier molecular flexibility index (Phi) is 4.63. The highest BCUT2D eigenvalue weighted by Gasteiger charge is 2.79. The van der Waals surface area contributed by atoms with Crippen LogP contribution in [0.2, 0.25) is 0 Å². The number of fused-ring (bicyclic) bond motifs is 1. The average molecular weight is 469 g/mol. The van der Waals surface area contributed by atoms with Crippen molar-refractivity contribution in [1.29, 1.82) is 0 Å². The van der Waals surface area contributed by atoms with Gasteiger partial charge < -0.3 is 4.74 Å². The number of alkyl halides is 3. The number of nitrogens with zero attached hydrogens (tertiary/aromatic N) is 4. The molecular formula is C26H27F3N4O. The van der Waals surface area contributed by atoms with Crippen LogP contribution in [0.1, 0.15) is 78.2 Å². The first kappa shape index (κ1) is 21.9. The van der Waals surface area contributed by atoms with Gasteiger partial charge in [0.15, 0.2) is 0 Å². The second-order valence-electron chi connectivity index (χ2n) is 10.6. The van der Waals surface area contributed by atoms with Crippen LogP contribution in [0, 0.1) is 26.2 Å². The fourth-order valence-electron chi connectivity index (χ4n) is 6.23. The molecule has 34 heavy (non-hydrogen) atoms. The van der Waals surface area contributed by atoms with Crippen LogP contribution in [0.15, 0.2) is 24.4 Å². The quantitative estimate of drug-likeness (QED) is 0.474. The van der Waals surface area contributed by atoms with E-state index < -0.39 is 17.0 Å². The van der Waals surface area contributed by atoms with Gasteiger partial charge in [-0.05, 0) is 76.6 Å². The Morgan fingerprint density at radius 3 is 2.44 bits per heavy atom. The van der Waals surface area contributed by atoms with Gasteiger partial charge in [0.25, 0.3) is 0 Å². The highest BCUT2D eigenvalue weighted by Crippen LogP contribution is 2.78. The summed E-state index contributed by atoms with van der Waals surface area (Å²) in [7, 11) is 0. The Labute approximate surface area is 196 Å². The smallest absolute Gasteiger partial charge is 0.373 e. The van der Waals surface area contributed by atoms with E-state index in [9.17, 15) is 13.2 Å². The predicted molar refractivity (Wildman–Crippen MR) is 120 cm³/mol. The third-order valence-electron chi connectivity index (χ3n) is 8.21. The molecule has 0 amide bonds. The van der Waals surface area contributed by atoms with E-state index in [0.717, 1.165) is 46.7 Å². The van der Waals surface area contributed by atoms with Crippen LogP contribution < -0.4 is 0 Å². The number of aromatic nitrogens is 4. The molecule has 0 aromatic carbocycles. The number of pyridine rings is 2. The largest absolute Gasteiger partial charge is 0.394 e. The molecule has 3 aromatic heterocycles. The Hall–Kier alpha value is -2.61. The molecule has 4 heterocycles. The lowest BCUT2D eigenvalue weighted by molar-refractivity contribution is -0.337. The summed E-state index contributed by atoms with van der Waals surface area (Å²) in [6.45, 7) is 6.37. The SMILES string of the molecule is Cc1cc([C@@H]2C[C@@H](c3cc4nc(C)c(C)nc4c(C45CC(C(F)(F)F)(C4)C5)n3)CCO2)ccn1. The zero-order valence-corrected chi connectivity index (χ0v) is 19.5. The Morgan fingerprint density at radius 2 is 1.74 bits per heavy atom. The molecule has 0 unspecified atom stereocenters. The first-order valence-corrected chi connectivity index (χ1v) is 11.9. The highest BCUT2D eigenvalue weighted by molar-refractivity contribution is 5.79. The van der Waals surface area contributed by atoms with Crippen LogP contribution in [0.3, 0.4) is 0 Å². The summed E-state index contributed by atoms with van der Waals surface area (Å²) in [6, 6.07) is 6.02. The normalized spacial score (nSPS) is 30.6. The number of hydrogen-bond donors (Lipinski definition) is 0. The van der Waals surface area contributed by atoms with Crippen LogP contribution in [0.4, 0.5) is 13.2 Å². The van der Waals surface area contributed by atoms with E-state index in [0.29, 0.717) is 17.8 Å². The molecule has 3 saturated carbocycles. The maximum Gasteiger partial charge on any atom is 0.394 e. The lowest BCUT2D eigenvalue weighted by Gasteiger charge is -2.70. The van der Waals surface area contributed by atoms with Crippen LogP contribution >= 0.6 is 0 Å². The molecule has 3 aliphatic carbocycles. The molecule has 0 N–H and O–H groups in total. The number of halogens is 3. The van der Waals surface area contributed by atoms with Crippen molar-refractivity contribution >= 4 is 11.0 Å². The van der Waals surface area contributed by atoms with Crippen molar-refractivity contribution in [2.75, 3.05) is 6.61 Å². The van der Waals surface area contributed by atoms with Gasteiger partial charge in [0.05, 0.1) is 34.1 Å². The minimum absolute atomic E-state index is 0.0596. The van der Waals surface area contributed by atoms with E-state index >= 15 is 0 Å². The lowest BCUT2D eigenvalue weighted by Crippen LogP contribution is -2.70. The summed E-state index contributed by atoms with van der Waals surface area (Å²) < 4.78 is 46.8. The first-order chi connectivity index (χ1) is 16.1. The van der Waals surface area contributed by atoms with Gasteiger partial charge >= 0.3 is 6.18 Å². The topological polar surface area (TPSA) is 60.8 Å². The van der Waals surface area contributed by atoms with Crippen molar-refractivity contribution in [3.05, 3.63) is 58.4 Å². The van der Waals surface area contributed by atoms with Crippen molar-refractivity contribution in [3.63, 3.8) is 0 Å². The molecule has 1 aliphatic heterocycles. The Morgan fingerprint density at radius 1 is 1.00 bits per heavy atom. The number of ether oxygens (including phenoxy) is 1. The van der Waals surface area contributed by atoms with Crippen LogP contribution in [-0.2, 0) is 10.2 Å². The van der Waals surface area contributed by atoms with Gasteiger partial charge in [0.2, 0.25) is 0 Å². The zero-order valence-electron chi connectivity index (χ0n) is 19.5. The van der Waals surface area contributed by atoms with Crippen molar-refractivity contribution in [3.8, 4) is 0 Å². The van der Waals surface area contributed by atoms with Gasteiger partial charge in [-0.3, -0.25) is 9.97 Å². The maximum absolute atomic E-state index is 13.6. The summed E-state index contributed by atoms with van der Waals surface area (Å²) in [6.07, 6.45) is -0.518. The summed E-state index contributed by atoms with van der Waals surface area (Å²) >= 11 is 0. The van der Waals surface area contributed by atoms with Crippen molar-refractivity contribution in [1.82, 2.24) is 19.9 Å². The van der Waals surface area contributed by atoms with Crippen LogP contribution in [-0.4, -0.2) is 32.7 Å². The van der Waals surface area contributed by atoms with Gasteiger partial charge in [-0.25, -0.2) is 9.97 Å². The summed E-state index contributed by atoms with van der Waals surface area (Å²) in [5, 5.41) is 0. The fourth-order valence-corrected chi connectivity index (χ4v) is 6.23. The van der Waals surface area contributed by atoms with Gasteiger partial charge in [-0.1, -0.05) is 0 Å². The highest BCUT2D eigenvalue weighted by atomic mass is 19.4. The summed E-state index contributed by atoms with van der Waals surface area (Å²) in [4.78, 5) is 18.9. The Bertz CT molecular complexity index is 1290. The minimum atomic E-state index is -4.16. The van der Waals surface area contributed by atoms with Crippen molar-refractivity contribution in [2.45, 2.75) is 76.5 Å². The molecule has 5 nitrogen and oxygen atoms in total. The molecule has 2 bridgehead atoms. The molecule has 178 valence electrons. The monoisotopic (exact) mass is 468 g/mol. The van der Waals surface area contributed by atoms with E-state index in [1.807, 2.05) is 39.0 Å². The molecule has 0 spiro atoms. The van der Waals surface area contributed by atoms with Crippen molar-refractivity contribution < 1.29 is 17.9 Å². The molecule has 0 radical (unpaired) electrons.